The molecule has 2 aliphatic rings. The summed E-state index contributed by atoms with van der Waals surface area (Å²) in [6.45, 7) is 9.14. The molecule has 2 aromatic heterocycles. The van der Waals surface area contributed by atoms with Gasteiger partial charge in [0.15, 0.2) is 0 Å². The number of nitriles is 1. The zero-order valence-corrected chi connectivity index (χ0v) is 19.2. The Hall–Kier alpha value is -3.21. The van der Waals surface area contributed by atoms with Gasteiger partial charge in [0, 0.05) is 75.3 Å². The third-order valence-electron chi connectivity index (χ3n) is 6.71. The lowest BCUT2D eigenvalue weighted by atomic mass is 9.94. The first-order valence-electron chi connectivity index (χ1n) is 11.9. The van der Waals surface area contributed by atoms with Gasteiger partial charge in [-0.2, -0.15) is 5.26 Å². The maximum atomic E-state index is 9.47. The van der Waals surface area contributed by atoms with E-state index in [-0.39, 0.29) is 0 Å². The standard InChI is InChI=1S/C26H31N7/c1-19-13-22(30-15-20-4-7-25(31-16-20)32-11-9-28-10-12-32)18-33(17-19)24-6-5-21(14-27)26-23(24)3-2-8-29-26/h2-8,16,19,22,28,30H,9-13,15,17-18H2,1H3/t19-,22+/m0/s1. The van der Waals surface area contributed by atoms with E-state index in [4.69, 9.17) is 4.98 Å². The van der Waals surface area contributed by atoms with Gasteiger partial charge in [-0.25, -0.2) is 4.98 Å². The number of hydrogen-bond acceptors (Lipinski definition) is 7. The van der Waals surface area contributed by atoms with E-state index < -0.39 is 0 Å². The van der Waals surface area contributed by atoms with E-state index in [1.165, 1.54) is 5.56 Å². The second-order valence-corrected chi connectivity index (χ2v) is 9.23. The molecule has 2 N–H and O–H groups in total. The molecule has 7 heteroatoms. The van der Waals surface area contributed by atoms with Crippen LogP contribution in [0, 0.1) is 17.2 Å². The van der Waals surface area contributed by atoms with Crippen molar-refractivity contribution in [3.8, 4) is 6.07 Å². The zero-order chi connectivity index (χ0) is 22.6. The molecule has 3 aromatic rings. The van der Waals surface area contributed by atoms with Gasteiger partial charge in [-0.3, -0.25) is 4.98 Å². The minimum atomic E-state index is 0.393. The fourth-order valence-corrected chi connectivity index (χ4v) is 5.08. The molecular formula is C26H31N7. The average Bonchev–Trinajstić information content (AvgIpc) is 2.87. The van der Waals surface area contributed by atoms with Crippen molar-refractivity contribution in [2.24, 2.45) is 5.92 Å². The minimum absolute atomic E-state index is 0.393. The summed E-state index contributed by atoms with van der Waals surface area (Å²) in [5.41, 5.74) is 3.80. The van der Waals surface area contributed by atoms with Crippen LogP contribution in [0.5, 0.6) is 0 Å². The summed E-state index contributed by atoms with van der Waals surface area (Å²) in [7, 11) is 0. The van der Waals surface area contributed by atoms with Crippen LogP contribution in [0.4, 0.5) is 11.5 Å². The van der Waals surface area contributed by atoms with E-state index in [9.17, 15) is 5.26 Å². The number of nitrogens with one attached hydrogen (secondary N) is 2. The number of anilines is 2. The van der Waals surface area contributed by atoms with Gasteiger partial charge in [0.25, 0.3) is 0 Å². The second kappa shape index (κ2) is 9.74. The SMILES string of the molecule is C[C@H]1C[C@@H](NCc2ccc(N3CCNCC3)nc2)CN(c2ccc(C#N)c3ncccc23)C1. The summed E-state index contributed by atoms with van der Waals surface area (Å²) in [4.78, 5) is 14.0. The van der Waals surface area contributed by atoms with Crippen LogP contribution >= 0.6 is 0 Å². The largest absolute Gasteiger partial charge is 0.369 e. The lowest BCUT2D eigenvalue weighted by molar-refractivity contribution is 0.350. The molecule has 2 atom stereocenters. The predicted molar refractivity (Wildman–Crippen MR) is 132 cm³/mol. The smallest absolute Gasteiger partial charge is 0.128 e. The molecule has 2 aliphatic heterocycles. The van der Waals surface area contributed by atoms with E-state index in [0.717, 1.165) is 74.6 Å². The molecule has 0 amide bonds. The molecule has 33 heavy (non-hydrogen) atoms. The van der Waals surface area contributed by atoms with Crippen LogP contribution in [0.2, 0.25) is 0 Å². The highest BCUT2D eigenvalue weighted by molar-refractivity contribution is 5.95. The number of pyridine rings is 2. The quantitative estimate of drug-likeness (QED) is 0.630. The Bertz CT molecular complexity index is 1130. The van der Waals surface area contributed by atoms with Gasteiger partial charge in [0.05, 0.1) is 11.1 Å². The summed E-state index contributed by atoms with van der Waals surface area (Å²) in [6, 6.07) is 15.0. The molecule has 2 saturated heterocycles. The van der Waals surface area contributed by atoms with Crippen molar-refractivity contribution in [2.75, 3.05) is 49.1 Å². The maximum absolute atomic E-state index is 9.47. The van der Waals surface area contributed by atoms with Crippen molar-refractivity contribution < 1.29 is 0 Å². The molecule has 5 rings (SSSR count). The van der Waals surface area contributed by atoms with E-state index in [2.05, 4.69) is 62.7 Å². The molecule has 2 fully saturated rings. The molecule has 0 saturated carbocycles. The number of rotatable bonds is 5. The zero-order valence-electron chi connectivity index (χ0n) is 19.2. The van der Waals surface area contributed by atoms with Crippen LogP contribution < -0.4 is 20.4 Å². The second-order valence-electron chi connectivity index (χ2n) is 9.23. The Kier molecular flexibility index (Phi) is 6.38. The lowest BCUT2D eigenvalue weighted by Crippen LogP contribution is -2.48. The molecule has 0 bridgehead atoms. The third kappa shape index (κ3) is 4.77. The highest BCUT2D eigenvalue weighted by Crippen LogP contribution is 2.31. The Balaban J connectivity index is 1.26. The van der Waals surface area contributed by atoms with E-state index >= 15 is 0 Å². The van der Waals surface area contributed by atoms with Gasteiger partial charge in [-0.1, -0.05) is 13.0 Å². The number of piperazine rings is 1. The van der Waals surface area contributed by atoms with E-state index in [0.29, 0.717) is 17.5 Å². The molecule has 170 valence electrons. The van der Waals surface area contributed by atoms with Crippen molar-refractivity contribution in [1.82, 2.24) is 20.6 Å². The molecule has 0 radical (unpaired) electrons. The van der Waals surface area contributed by atoms with Gasteiger partial charge in [-0.05, 0) is 48.2 Å². The van der Waals surface area contributed by atoms with Crippen LogP contribution in [0.25, 0.3) is 10.9 Å². The minimum Gasteiger partial charge on any atom is -0.369 e. The molecule has 0 spiro atoms. The van der Waals surface area contributed by atoms with E-state index in [1.54, 1.807) is 6.20 Å². The van der Waals surface area contributed by atoms with Crippen molar-refractivity contribution >= 4 is 22.4 Å². The summed E-state index contributed by atoms with van der Waals surface area (Å²) in [5, 5.41) is 17.7. The van der Waals surface area contributed by atoms with Crippen LogP contribution in [-0.2, 0) is 6.54 Å². The van der Waals surface area contributed by atoms with Crippen LogP contribution in [0.3, 0.4) is 0 Å². The van der Waals surface area contributed by atoms with Crippen molar-refractivity contribution in [2.45, 2.75) is 25.9 Å². The lowest BCUT2D eigenvalue weighted by Gasteiger charge is -2.39. The first kappa shape index (κ1) is 21.6. The fraction of sp³-hybridized carbons (Fsp3) is 0.423. The Morgan fingerprint density at radius 2 is 1.97 bits per heavy atom. The summed E-state index contributed by atoms with van der Waals surface area (Å²) < 4.78 is 0. The summed E-state index contributed by atoms with van der Waals surface area (Å²) in [5.74, 6) is 1.64. The van der Waals surface area contributed by atoms with E-state index in [1.807, 2.05) is 18.3 Å². The molecule has 4 heterocycles. The van der Waals surface area contributed by atoms with Gasteiger partial charge in [-0.15, -0.1) is 0 Å². The molecular weight excluding hydrogens is 410 g/mol. The topological polar surface area (TPSA) is 80.1 Å². The van der Waals surface area contributed by atoms with Crippen LogP contribution in [0.15, 0.2) is 48.8 Å². The fourth-order valence-electron chi connectivity index (χ4n) is 5.08. The van der Waals surface area contributed by atoms with Gasteiger partial charge in [0.1, 0.15) is 11.9 Å². The summed E-state index contributed by atoms with van der Waals surface area (Å²) in [6.07, 6.45) is 4.92. The average molecular weight is 442 g/mol. The van der Waals surface area contributed by atoms with Crippen molar-refractivity contribution in [3.63, 3.8) is 0 Å². The monoisotopic (exact) mass is 441 g/mol. The van der Waals surface area contributed by atoms with Gasteiger partial charge in [0.2, 0.25) is 0 Å². The van der Waals surface area contributed by atoms with Crippen molar-refractivity contribution in [3.05, 3.63) is 59.9 Å². The third-order valence-corrected chi connectivity index (χ3v) is 6.71. The molecule has 7 nitrogen and oxygen atoms in total. The molecule has 0 aliphatic carbocycles. The number of piperidine rings is 1. The normalized spacial score (nSPS) is 21.2. The van der Waals surface area contributed by atoms with Gasteiger partial charge >= 0.3 is 0 Å². The Morgan fingerprint density at radius 1 is 1.09 bits per heavy atom. The number of fused-ring (bicyclic) bond motifs is 1. The summed E-state index contributed by atoms with van der Waals surface area (Å²) >= 11 is 0. The molecule has 1 aromatic carbocycles. The number of benzene rings is 1. The number of hydrogen-bond donors (Lipinski definition) is 2. The van der Waals surface area contributed by atoms with Crippen LogP contribution in [0.1, 0.15) is 24.5 Å². The van der Waals surface area contributed by atoms with Crippen LogP contribution in [-0.4, -0.2) is 55.3 Å². The highest BCUT2D eigenvalue weighted by atomic mass is 15.2. The Labute approximate surface area is 195 Å². The number of nitrogens with zero attached hydrogens (tertiary/aromatic N) is 5. The highest BCUT2D eigenvalue weighted by Gasteiger charge is 2.26. The first-order valence-corrected chi connectivity index (χ1v) is 11.9. The maximum Gasteiger partial charge on any atom is 0.128 e. The first-order chi connectivity index (χ1) is 16.2. The Morgan fingerprint density at radius 3 is 2.76 bits per heavy atom. The predicted octanol–water partition coefficient (Wildman–Crippen LogP) is 2.92. The molecule has 0 unspecified atom stereocenters. The number of aromatic nitrogens is 2. The van der Waals surface area contributed by atoms with Crippen molar-refractivity contribution in [1.29, 1.82) is 5.26 Å². The van der Waals surface area contributed by atoms with Gasteiger partial charge < -0.3 is 20.4 Å².